The molecule has 3 nitrogen and oxygen atoms in total. The van der Waals surface area contributed by atoms with Crippen LogP contribution in [0.4, 0.5) is 8.78 Å². The van der Waals surface area contributed by atoms with Crippen LogP contribution in [0, 0.1) is 18.6 Å². The SMILES string of the molecule is Cc1nc2c(F)cc(-c3cc(Cl)ncc3F)cc2n1C(C)C. The van der Waals surface area contributed by atoms with E-state index in [9.17, 15) is 8.78 Å². The molecule has 0 aliphatic rings. The van der Waals surface area contributed by atoms with E-state index in [0.717, 1.165) is 6.20 Å². The first-order valence-corrected chi connectivity index (χ1v) is 7.25. The maximum Gasteiger partial charge on any atom is 0.151 e. The predicted octanol–water partition coefficient (Wildman–Crippen LogP) is 4.92. The maximum atomic E-state index is 14.4. The van der Waals surface area contributed by atoms with Crippen molar-refractivity contribution in [3.05, 3.63) is 47.0 Å². The third-order valence-corrected chi connectivity index (χ3v) is 3.78. The van der Waals surface area contributed by atoms with Gasteiger partial charge in [-0.2, -0.15) is 0 Å². The Kier molecular flexibility index (Phi) is 3.60. The van der Waals surface area contributed by atoms with E-state index in [2.05, 4.69) is 9.97 Å². The van der Waals surface area contributed by atoms with Crippen LogP contribution >= 0.6 is 11.6 Å². The first kappa shape index (κ1) is 14.9. The van der Waals surface area contributed by atoms with E-state index in [4.69, 9.17) is 11.6 Å². The van der Waals surface area contributed by atoms with E-state index in [1.165, 1.54) is 12.1 Å². The number of nitrogens with zero attached hydrogens (tertiary/aromatic N) is 3. The first-order chi connectivity index (χ1) is 10.4. The lowest BCUT2D eigenvalue weighted by molar-refractivity contribution is 0.600. The Morgan fingerprint density at radius 1 is 1.14 bits per heavy atom. The second kappa shape index (κ2) is 5.32. The molecule has 0 fully saturated rings. The molecule has 0 saturated carbocycles. The van der Waals surface area contributed by atoms with Crippen LogP contribution in [-0.2, 0) is 0 Å². The molecule has 0 bridgehead atoms. The normalized spacial score (nSPS) is 11.6. The number of imidazole rings is 1. The van der Waals surface area contributed by atoms with Gasteiger partial charge in [-0.1, -0.05) is 11.6 Å². The topological polar surface area (TPSA) is 30.7 Å². The zero-order valence-electron chi connectivity index (χ0n) is 12.4. The highest BCUT2D eigenvalue weighted by molar-refractivity contribution is 6.29. The van der Waals surface area contributed by atoms with E-state index >= 15 is 0 Å². The van der Waals surface area contributed by atoms with E-state index in [-0.39, 0.29) is 22.3 Å². The van der Waals surface area contributed by atoms with E-state index in [1.54, 1.807) is 6.07 Å². The van der Waals surface area contributed by atoms with Crippen molar-refractivity contribution in [1.82, 2.24) is 14.5 Å². The monoisotopic (exact) mass is 321 g/mol. The average Bonchev–Trinajstić information content (AvgIpc) is 2.78. The molecule has 2 heterocycles. The van der Waals surface area contributed by atoms with Crippen molar-refractivity contribution in [2.75, 3.05) is 0 Å². The molecule has 0 radical (unpaired) electrons. The quantitative estimate of drug-likeness (QED) is 0.627. The van der Waals surface area contributed by atoms with Gasteiger partial charge in [0.15, 0.2) is 5.82 Å². The molecule has 0 saturated heterocycles. The summed E-state index contributed by atoms with van der Waals surface area (Å²) in [6.07, 6.45) is 1.03. The molecule has 3 aromatic rings. The summed E-state index contributed by atoms with van der Waals surface area (Å²) >= 11 is 5.82. The van der Waals surface area contributed by atoms with Gasteiger partial charge in [-0.3, -0.25) is 0 Å². The number of hydrogen-bond donors (Lipinski definition) is 0. The van der Waals surface area contributed by atoms with Crippen molar-refractivity contribution in [3.63, 3.8) is 0 Å². The molecule has 0 atom stereocenters. The van der Waals surface area contributed by atoms with Crippen molar-refractivity contribution >= 4 is 22.6 Å². The van der Waals surface area contributed by atoms with Crippen molar-refractivity contribution in [2.24, 2.45) is 0 Å². The maximum absolute atomic E-state index is 14.4. The summed E-state index contributed by atoms with van der Waals surface area (Å²) in [6.45, 7) is 5.80. The van der Waals surface area contributed by atoms with E-state index < -0.39 is 11.6 Å². The van der Waals surface area contributed by atoms with Crippen LogP contribution in [0.25, 0.3) is 22.2 Å². The van der Waals surface area contributed by atoms with Gasteiger partial charge in [-0.25, -0.2) is 18.7 Å². The van der Waals surface area contributed by atoms with Crippen LogP contribution in [0.3, 0.4) is 0 Å². The van der Waals surface area contributed by atoms with Crippen molar-refractivity contribution in [1.29, 1.82) is 0 Å². The lowest BCUT2D eigenvalue weighted by Crippen LogP contribution is -2.02. The number of benzene rings is 1. The fourth-order valence-corrected chi connectivity index (χ4v) is 2.87. The molecule has 0 aliphatic carbocycles. The van der Waals surface area contributed by atoms with Crippen molar-refractivity contribution < 1.29 is 8.78 Å². The number of fused-ring (bicyclic) bond motifs is 1. The summed E-state index contributed by atoms with van der Waals surface area (Å²) in [5, 5.41) is 0.158. The van der Waals surface area contributed by atoms with Crippen LogP contribution in [0.1, 0.15) is 25.7 Å². The Morgan fingerprint density at radius 2 is 1.86 bits per heavy atom. The lowest BCUT2D eigenvalue weighted by atomic mass is 10.1. The lowest BCUT2D eigenvalue weighted by Gasteiger charge is -2.12. The van der Waals surface area contributed by atoms with Crippen LogP contribution < -0.4 is 0 Å². The van der Waals surface area contributed by atoms with Gasteiger partial charge in [0.05, 0.1) is 11.7 Å². The summed E-state index contributed by atoms with van der Waals surface area (Å²) in [4.78, 5) is 7.94. The van der Waals surface area contributed by atoms with Crippen LogP contribution in [0.5, 0.6) is 0 Å². The number of rotatable bonds is 2. The molecule has 0 unspecified atom stereocenters. The Balaban J connectivity index is 2.32. The predicted molar refractivity (Wildman–Crippen MR) is 83.0 cm³/mol. The zero-order valence-corrected chi connectivity index (χ0v) is 13.1. The highest BCUT2D eigenvalue weighted by atomic mass is 35.5. The van der Waals surface area contributed by atoms with Gasteiger partial charge in [-0.05, 0) is 44.5 Å². The largest absolute Gasteiger partial charge is 0.326 e. The summed E-state index contributed by atoms with van der Waals surface area (Å²) in [5.74, 6) is -0.313. The Morgan fingerprint density at radius 3 is 2.55 bits per heavy atom. The Labute approximate surface area is 131 Å². The Bertz CT molecular complexity index is 871. The third kappa shape index (κ3) is 2.35. The summed E-state index contributed by atoms with van der Waals surface area (Å²) in [5.41, 5.74) is 1.55. The number of aryl methyl sites for hydroxylation is 1. The van der Waals surface area contributed by atoms with Gasteiger partial charge >= 0.3 is 0 Å². The fraction of sp³-hybridized carbons (Fsp3) is 0.250. The molecular formula is C16H14ClF2N3. The molecule has 3 rings (SSSR count). The van der Waals surface area contributed by atoms with Crippen molar-refractivity contribution in [3.8, 4) is 11.1 Å². The summed E-state index contributed by atoms with van der Waals surface area (Å²) in [6, 6.07) is 4.51. The minimum atomic E-state index is -0.546. The Hall–Kier alpha value is -2.01. The second-order valence-corrected chi connectivity index (χ2v) is 5.82. The minimum Gasteiger partial charge on any atom is -0.326 e. The summed E-state index contributed by atoms with van der Waals surface area (Å²) < 4.78 is 30.3. The standard InChI is InChI=1S/C16H14ClF2N3/c1-8(2)22-9(3)21-16-12(18)4-10(5-14(16)22)11-6-15(17)20-7-13(11)19/h4-8H,1-3H3. The fourth-order valence-electron chi connectivity index (χ4n) is 2.71. The number of pyridine rings is 1. The molecule has 2 aromatic heterocycles. The van der Waals surface area contributed by atoms with E-state index in [0.29, 0.717) is 16.9 Å². The molecule has 1 aromatic carbocycles. The van der Waals surface area contributed by atoms with Gasteiger partial charge in [0.25, 0.3) is 0 Å². The number of halogens is 3. The molecule has 6 heteroatoms. The third-order valence-electron chi connectivity index (χ3n) is 3.57. The van der Waals surface area contributed by atoms with Gasteiger partial charge in [-0.15, -0.1) is 0 Å². The van der Waals surface area contributed by atoms with Crippen LogP contribution in [-0.4, -0.2) is 14.5 Å². The zero-order chi connectivity index (χ0) is 16.0. The van der Waals surface area contributed by atoms with E-state index in [1.807, 2.05) is 25.3 Å². The highest BCUT2D eigenvalue weighted by Gasteiger charge is 2.17. The first-order valence-electron chi connectivity index (χ1n) is 6.88. The molecule has 0 amide bonds. The minimum absolute atomic E-state index is 0.116. The van der Waals surface area contributed by atoms with Gasteiger partial charge in [0.2, 0.25) is 0 Å². The average molecular weight is 322 g/mol. The number of aromatic nitrogens is 3. The molecule has 114 valence electrons. The van der Waals surface area contributed by atoms with Gasteiger partial charge < -0.3 is 4.57 Å². The van der Waals surface area contributed by atoms with Crippen LogP contribution in [0.2, 0.25) is 5.15 Å². The molecule has 0 spiro atoms. The van der Waals surface area contributed by atoms with Crippen LogP contribution in [0.15, 0.2) is 24.4 Å². The van der Waals surface area contributed by atoms with Gasteiger partial charge in [0.1, 0.15) is 22.3 Å². The summed E-state index contributed by atoms with van der Waals surface area (Å²) in [7, 11) is 0. The smallest absolute Gasteiger partial charge is 0.151 e. The van der Waals surface area contributed by atoms with Crippen molar-refractivity contribution in [2.45, 2.75) is 26.8 Å². The molecular weight excluding hydrogens is 308 g/mol. The number of hydrogen-bond acceptors (Lipinski definition) is 2. The van der Waals surface area contributed by atoms with Gasteiger partial charge in [0, 0.05) is 11.6 Å². The highest BCUT2D eigenvalue weighted by Crippen LogP contribution is 2.31. The molecule has 22 heavy (non-hydrogen) atoms. The molecule has 0 aliphatic heterocycles. The second-order valence-electron chi connectivity index (χ2n) is 5.44. The molecule has 0 N–H and O–H groups in total.